The summed E-state index contributed by atoms with van der Waals surface area (Å²) in [5, 5.41) is 15.0. The number of aliphatic hydroxyl groups excluding tert-OH is 1. The summed E-state index contributed by atoms with van der Waals surface area (Å²) in [5.74, 6) is 0.451. The first-order chi connectivity index (χ1) is 26.0. The first kappa shape index (κ1) is 32.6. The minimum atomic E-state index is -0.400. The zero-order valence-electron chi connectivity index (χ0n) is 30.1. The highest BCUT2D eigenvalue weighted by atomic mass is 16.3. The third-order valence-electron chi connectivity index (χ3n) is 11.2. The molecule has 3 nitrogen and oxygen atoms in total. The van der Waals surface area contributed by atoms with Gasteiger partial charge >= 0.3 is 0 Å². The fraction of sp³-hybridized carbons (Fsp3) is 0.120. The molecule has 258 valence electrons. The van der Waals surface area contributed by atoms with Crippen LogP contribution in [0.25, 0.3) is 49.8 Å². The lowest BCUT2D eigenvalue weighted by Crippen LogP contribution is -2.55. The second-order valence-electron chi connectivity index (χ2n) is 14.6. The van der Waals surface area contributed by atoms with Crippen molar-refractivity contribution >= 4 is 38.6 Å². The lowest BCUT2D eigenvalue weighted by atomic mass is 9.80. The fourth-order valence-electron chi connectivity index (χ4n) is 8.41. The van der Waals surface area contributed by atoms with Crippen LogP contribution in [0.4, 0.5) is 5.69 Å². The Morgan fingerprint density at radius 3 is 1.92 bits per heavy atom. The van der Waals surface area contributed by atoms with Gasteiger partial charge in [-0.1, -0.05) is 153 Å². The number of benzene rings is 6. The molecular weight excluding hydrogens is 645 g/mol. The van der Waals surface area contributed by atoms with Gasteiger partial charge in [0.25, 0.3) is 0 Å². The number of anilines is 1. The molecule has 0 aliphatic heterocycles. The van der Waals surface area contributed by atoms with Gasteiger partial charge in [-0.25, -0.2) is 0 Å². The largest absolute Gasteiger partial charge is 0.509 e. The van der Waals surface area contributed by atoms with E-state index in [4.69, 9.17) is 0 Å². The van der Waals surface area contributed by atoms with Gasteiger partial charge in [-0.15, -0.1) is 0 Å². The molecule has 3 unspecified atom stereocenters. The Morgan fingerprint density at radius 1 is 0.623 bits per heavy atom. The predicted molar refractivity (Wildman–Crippen MR) is 223 cm³/mol. The van der Waals surface area contributed by atoms with Gasteiger partial charge in [0.05, 0.1) is 22.6 Å². The number of fused-ring (bicyclic) bond motifs is 3. The van der Waals surface area contributed by atoms with Crippen LogP contribution in [0.1, 0.15) is 31.4 Å². The minimum Gasteiger partial charge on any atom is -0.509 e. The van der Waals surface area contributed by atoms with E-state index in [1.165, 1.54) is 38.6 Å². The fourth-order valence-corrected chi connectivity index (χ4v) is 8.41. The standard InChI is InChI=1S/C50H42N2O/c1-35-22-28-43(40-25-29-47-45(34-40)44-20-12-13-21-46(44)51(47)41-18-10-5-11-19-41)49(53)48(35)52(42-26-23-38(24-27-42)36-14-6-3-7-15-36)50(2)32-30-39(31-33-50)37-16-8-4-9-17-37/h3-32,34-35,48,53H,33H2,1-2H3. The van der Waals surface area contributed by atoms with Crippen molar-refractivity contribution in [1.82, 2.24) is 4.57 Å². The summed E-state index contributed by atoms with van der Waals surface area (Å²) in [6.07, 6.45) is 12.1. The zero-order valence-corrected chi connectivity index (χ0v) is 30.1. The van der Waals surface area contributed by atoms with E-state index in [1.807, 2.05) is 0 Å². The summed E-state index contributed by atoms with van der Waals surface area (Å²) in [6.45, 7) is 4.52. The minimum absolute atomic E-state index is 0.0565. The van der Waals surface area contributed by atoms with Crippen LogP contribution in [-0.4, -0.2) is 21.3 Å². The number of para-hydroxylation sites is 2. The van der Waals surface area contributed by atoms with Crippen molar-refractivity contribution in [3.8, 4) is 16.8 Å². The number of aliphatic hydroxyl groups is 1. The average Bonchev–Trinajstić information content (AvgIpc) is 3.54. The molecule has 0 saturated carbocycles. The Bertz CT molecular complexity index is 2560. The molecule has 1 aromatic heterocycles. The molecular formula is C50H42N2O. The highest BCUT2D eigenvalue weighted by Crippen LogP contribution is 2.43. The molecule has 0 fully saturated rings. The molecule has 6 aromatic carbocycles. The molecule has 0 amide bonds. The lowest BCUT2D eigenvalue weighted by Gasteiger charge is -2.49. The smallest absolute Gasteiger partial charge is 0.123 e. The van der Waals surface area contributed by atoms with E-state index in [1.54, 1.807) is 0 Å². The Morgan fingerprint density at radius 2 is 1.23 bits per heavy atom. The number of hydrogen-bond acceptors (Lipinski definition) is 2. The quantitative estimate of drug-likeness (QED) is 0.181. The Hall–Kier alpha value is -6.32. The SMILES string of the molecule is CC1C=CC(c2ccc3c(c2)c2ccccc2n3-c2ccccc2)=C(O)C1N(c1ccc(-c2ccccc2)cc1)C1(C)C=CC(c2ccccc2)=CC1. The third-order valence-corrected chi connectivity index (χ3v) is 11.2. The molecule has 3 heteroatoms. The highest BCUT2D eigenvalue weighted by Gasteiger charge is 2.41. The molecule has 2 aliphatic carbocycles. The number of allylic oxidation sites excluding steroid dienone is 4. The van der Waals surface area contributed by atoms with Gasteiger partial charge in [0.15, 0.2) is 0 Å². The second-order valence-corrected chi connectivity index (χ2v) is 14.6. The summed E-state index contributed by atoms with van der Waals surface area (Å²) in [6, 6.07) is 55.4. The van der Waals surface area contributed by atoms with E-state index < -0.39 is 5.54 Å². The first-order valence-electron chi connectivity index (χ1n) is 18.6. The maximum absolute atomic E-state index is 12.6. The number of hydrogen-bond donors (Lipinski definition) is 1. The van der Waals surface area contributed by atoms with Gasteiger partial charge < -0.3 is 14.6 Å². The summed E-state index contributed by atoms with van der Waals surface area (Å²) < 4.78 is 2.33. The first-order valence-corrected chi connectivity index (χ1v) is 18.6. The molecule has 0 spiro atoms. The normalized spacial score (nSPS) is 19.8. The van der Waals surface area contributed by atoms with E-state index >= 15 is 0 Å². The van der Waals surface area contributed by atoms with Gasteiger partial charge in [0, 0.05) is 33.6 Å². The molecule has 2 aliphatic rings. The van der Waals surface area contributed by atoms with Crippen LogP contribution in [0, 0.1) is 5.92 Å². The van der Waals surface area contributed by atoms with Crippen LogP contribution in [-0.2, 0) is 0 Å². The third kappa shape index (κ3) is 5.79. The summed E-state index contributed by atoms with van der Waals surface area (Å²) in [4.78, 5) is 2.46. The predicted octanol–water partition coefficient (Wildman–Crippen LogP) is 12.6. The number of nitrogens with zero attached hydrogens (tertiary/aromatic N) is 2. The van der Waals surface area contributed by atoms with E-state index in [2.05, 4.69) is 211 Å². The van der Waals surface area contributed by atoms with Crippen LogP contribution in [0.2, 0.25) is 0 Å². The molecule has 1 N–H and O–H groups in total. The van der Waals surface area contributed by atoms with Crippen LogP contribution in [0.15, 0.2) is 194 Å². The van der Waals surface area contributed by atoms with Gasteiger partial charge in [0.1, 0.15) is 5.76 Å². The van der Waals surface area contributed by atoms with Gasteiger partial charge in [0.2, 0.25) is 0 Å². The van der Waals surface area contributed by atoms with E-state index in [9.17, 15) is 5.11 Å². The highest BCUT2D eigenvalue weighted by molar-refractivity contribution is 6.10. The van der Waals surface area contributed by atoms with E-state index in [0.29, 0.717) is 5.76 Å². The molecule has 9 rings (SSSR count). The Kier molecular flexibility index (Phi) is 8.20. The van der Waals surface area contributed by atoms with E-state index in [0.717, 1.165) is 34.4 Å². The topological polar surface area (TPSA) is 28.4 Å². The molecule has 0 radical (unpaired) electrons. The van der Waals surface area contributed by atoms with Gasteiger partial charge in [-0.2, -0.15) is 0 Å². The van der Waals surface area contributed by atoms with Crippen molar-refractivity contribution in [1.29, 1.82) is 0 Å². The van der Waals surface area contributed by atoms with Crippen LogP contribution < -0.4 is 4.90 Å². The number of aromatic nitrogens is 1. The van der Waals surface area contributed by atoms with Crippen molar-refractivity contribution in [3.63, 3.8) is 0 Å². The molecule has 53 heavy (non-hydrogen) atoms. The van der Waals surface area contributed by atoms with Crippen molar-refractivity contribution in [2.75, 3.05) is 4.90 Å². The molecule has 3 atom stereocenters. The maximum atomic E-state index is 12.6. The Labute approximate surface area is 311 Å². The summed E-state index contributed by atoms with van der Waals surface area (Å²) >= 11 is 0. The van der Waals surface area contributed by atoms with Gasteiger partial charge in [-0.3, -0.25) is 0 Å². The van der Waals surface area contributed by atoms with Gasteiger partial charge in [-0.05, 0) is 83.6 Å². The van der Waals surface area contributed by atoms with Crippen molar-refractivity contribution in [2.45, 2.75) is 31.8 Å². The molecule has 0 bridgehead atoms. The van der Waals surface area contributed by atoms with Crippen molar-refractivity contribution in [2.24, 2.45) is 5.92 Å². The van der Waals surface area contributed by atoms with E-state index in [-0.39, 0.29) is 12.0 Å². The van der Waals surface area contributed by atoms with Crippen LogP contribution in [0.3, 0.4) is 0 Å². The van der Waals surface area contributed by atoms with Crippen LogP contribution in [0.5, 0.6) is 0 Å². The Balaban J connectivity index is 1.16. The second kappa shape index (κ2) is 13.3. The average molecular weight is 687 g/mol. The summed E-state index contributed by atoms with van der Waals surface area (Å²) in [5.41, 5.74) is 10.8. The monoisotopic (exact) mass is 686 g/mol. The maximum Gasteiger partial charge on any atom is 0.123 e. The zero-order chi connectivity index (χ0) is 35.9. The van der Waals surface area contributed by atoms with Crippen molar-refractivity contribution in [3.05, 3.63) is 205 Å². The molecule has 0 saturated heterocycles. The van der Waals surface area contributed by atoms with Crippen LogP contribution >= 0.6 is 0 Å². The molecule has 7 aromatic rings. The van der Waals surface area contributed by atoms with Crippen molar-refractivity contribution < 1.29 is 5.11 Å². The summed E-state index contributed by atoms with van der Waals surface area (Å²) in [7, 11) is 0. The number of rotatable bonds is 7. The molecule has 1 heterocycles. The lowest BCUT2D eigenvalue weighted by molar-refractivity contribution is 0.307.